The number of likely N-dealkylation sites (N-methyl/N-ethyl adjacent to an activating group) is 1. The SMILES string of the molecule is CCCCC(=O)N(CC)CC(O)CO. The van der Waals surface area contributed by atoms with Crippen molar-refractivity contribution in [3.05, 3.63) is 0 Å². The van der Waals surface area contributed by atoms with E-state index >= 15 is 0 Å². The molecule has 1 amide bonds. The highest BCUT2D eigenvalue weighted by Gasteiger charge is 2.14. The van der Waals surface area contributed by atoms with Crippen LogP contribution in [0.4, 0.5) is 0 Å². The van der Waals surface area contributed by atoms with Crippen molar-refractivity contribution in [2.75, 3.05) is 19.7 Å². The Bertz CT molecular complexity index is 161. The van der Waals surface area contributed by atoms with Gasteiger partial charge in [0, 0.05) is 19.5 Å². The van der Waals surface area contributed by atoms with Crippen LogP contribution in [-0.4, -0.2) is 46.8 Å². The van der Waals surface area contributed by atoms with Crippen molar-refractivity contribution >= 4 is 5.91 Å². The van der Waals surface area contributed by atoms with E-state index in [0.29, 0.717) is 13.0 Å². The van der Waals surface area contributed by atoms with Crippen molar-refractivity contribution in [1.29, 1.82) is 0 Å². The van der Waals surface area contributed by atoms with Crippen LogP contribution in [0.5, 0.6) is 0 Å². The molecule has 0 spiro atoms. The summed E-state index contributed by atoms with van der Waals surface area (Å²) in [6.07, 6.45) is 1.58. The summed E-state index contributed by atoms with van der Waals surface area (Å²) in [4.78, 5) is 13.1. The Labute approximate surface area is 85.5 Å². The topological polar surface area (TPSA) is 60.8 Å². The minimum atomic E-state index is -0.819. The molecule has 1 atom stereocenters. The van der Waals surface area contributed by atoms with Crippen LogP contribution in [0, 0.1) is 0 Å². The van der Waals surface area contributed by atoms with Crippen LogP contribution in [-0.2, 0) is 4.79 Å². The lowest BCUT2D eigenvalue weighted by molar-refractivity contribution is -0.132. The number of carbonyl (C=O) groups is 1. The van der Waals surface area contributed by atoms with Crippen LogP contribution in [0.3, 0.4) is 0 Å². The van der Waals surface area contributed by atoms with Crippen LogP contribution >= 0.6 is 0 Å². The molecular weight excluding hydrogens is 182 g/mol. The molecule has 2 N–H and O–H groups in total. The fourth-order valence-corrected chi connectivity index (χ4v) is 1.21. The van der Waals surface area contributed by atoms with Gasteiger partial charge in [0.25, 0.3) is 0 Å². The molecule has 0 aliphatic rings. The van der Waals surface area contributed by atoms with Gasteiger partial charge in [0.15, 0.2) is 0 Å². The number of aliphatic hydroxyl groups excluding tert-OH is 2. The highest BCUT2D eigenvalue weighted by atomic mass is 16.3. The Hall–Kier alpha value is -0.610. The number of nitrogens with zero attached hydrogens (tertiary/aromatic N) is 1. The van der Waals surface area contributed by atoms with E-state index in [1.165, 1.54) is 0 Å². The highest BCUT2D eigenvalue weighted by Crippen LogP contribution is 2.01. The largest absolute Gasteiger partial charge is 0.394 e. The lowest BCUT2D eigenvalue weighted by Crippen LogP contribution is -2.38. The van der Waals surface area contributed by atoms with Crippen LogP contribution in [0.2, 0.25) is 0 Å². The first kappa shape index (κ1) is 13.4. The molecular formula is C10H21NO3. The molecule has 0 radical (unpaired) electrons. The molecule has 0 saturated heterocycles. The first-order valence-corrected chi connectivity index (χ1v) is 5.22. The maximum absolute atomic E-state index is 11.5. The molecule has 0 heterocycles. The van der Waals surface area contributed by atoms with Crippen molar-refractivity contribution in [2.45, 2.75) is 39.2 Å². The zero-order valence-electron chi connectivity index (χ0n) is 9.07. The second kappa shape index (κ2) is 7.76. The summed E-state index contributed by atoms with van der Waals surface area (Å²) in [6.45, 7) is 4.42. The van der Waals surface area contributed by atoms with Crippen molar-refractivity contribution < 1.29 is 15.0 Å². The lowest BCUT2D eigenvalue weighted by Gasteiger charge is -2.23. The van der Waals surface area contributed by atoms with Crippen LogP contribution in [0.25, 0.3) is 0 Å². The molecule has 0 aromatic carbocycles. The molecule has 0 saturated carbocycles. The fraction of sp³-hybridized carbons (Fsp3) is 0.900. The van der Waals surface area contributed by atoms with E-state index in [4.69, 9.17) is 5.11 Å². The van der Waals surface area contributed by atoms with E-state index in [-0.39, 0.29) is 19.1 Å². The predicted octanol–water partition coefficient (Wildman–Crippen LogP) is 0.378. The van der Waals surface area contributed by atoms with E-state index in [0.717, 1.165) is 12.8 Å². The average molecular weight is 203 g/mol. The number of unbranched alkanes of at least 4 members (excludes halogenated alkanes) is 1. The summed E-state index contributed by atoms with van der Waals surface area (Å²) in [5.74, 6) is 0.0573. The third-order valence-electron chi connectivity index (χ3n) is 2.12. The van der Waals surface area contributed by atoms with Gasteiger partial charge in [-0.1, -0.05) is 13.3 Å². The summed E-state index contributed by atoms with van der Waals surface area (Å²) in [5.41, 5.74) is 0. The lowest BCUT2D eigenvalue weighted by atomic mass is 10.2. The Kier molecular flexibility index (Phi) is 7.42. The Morgan fingerprint density at radius 1 is 1.43 bits per heavy atom. The second-order valence-corrected chi connectivity index (χ2v) is 3.37. The number of amides is 1. The first-order chi connectivity index (χ1) is 6.65. The fourth-order valence-electron chi connectivity index (χ4n) is 1.21. The number of hydrogen-bond acceptors (Lipinski definition) is 3. The minimum absolute atomic E-state index is 0.0573. The van der Waals surface area contributed by atoms with Crippen molar-refractivity contribution in [3.8, 4) is 0 Å². The third-order valence-corrected chi connectivity index (χ3v) is 2.12. The van der Waals surface area contributed by atoms with Crippen molar-refractivity contribution in [3.63, 3.8) is 0 Å². The van der Waals surface area contributed by atoms with E-state index in [9.17, 15) is 9.90 Å². The smallest absolute Gasteiger partial charge is 0.222 e. The minimum Gasteiger partial charge on any atom is -0.394 e. The molecule has 0 aliphatic heterocycles. The van der Waals surface area contributed by atoms with Gasteiger partial charge >= 0.3 is 0 Å². The van der Waals surface area contributed by atoms with E-state index in [2.05, 4.69) is 0 Å². The number of carbonyl (C=O) groups excluding carboxylic acids is 1. The van der Waals surface area contributed by atoms with Gasteiger partial charge in [-0.05, 0) is 13.3 Å². The van der Waals surface area contributed by atoms with Gasteiger partial charge < -0.3 is 15.1 Å². The number of hydrogen-bond donors (Lipinski definition) is 2. The Balaban J connectivity index is 3.92. The molecule has 0 aromatic heterocycles. The molecule has 14 heavy (non-hydrogen) atoms. The Morgan fingerprint density at radius 3 is 2.50 bits per heavy atom. The zero-order valence-corrected chi connectivity index (χ0v) is 9.07. The van der Waals surface area contributed by atoms with E-state index in [1.807, 2.05) is 13.8 Å². The van der Waals surface area contributed by atoms with E-state index in [1.54, 1.807) is 4.90 Å². The summed E-state index contributed by atoms with van der Waals surface area (Å²) >= 11 is 0. The normalized spacial score (nSPS) is 12.6. The maximum Gasteiger partial charge on any atom is 0.222 e. The summed E-state index contributed by atoms with van der Waals surface area (Å²) < 4.78 is 0. The quantitative estimate of drug-likeness (QED) is 0.629. The average Bonchev–Trinajstić information content (AvgIpc) is 2.21. The molecule has 0 fully saturated rings. The van der Waals surface area contributed by atoms with Crippen molar-refractivity contribution in [1.82, 2.24) is 4.90 Å². The molecule has 4 heteroatoms. The van der Waals surface area contributed by atoms with Gasteiger partial charge in [0.05, 0.1) is 12.7 Å². The number of aliphatic hydroxyl groups is 2. The summed E-state index contributed by atoms with van der Waals surface area (Å²) in [5, 5.41) is 17.8. The molecule has 0 rings (SSSR count). The zero-order chi connectivity index (χ0) is 11.0. The van der Waals surface area contributed by atoms with Crippen LogP contribution in [0.1, 0.15) is 33.1 Å². The highest BCUT2D eigenvalue weighted by molar-refractivity contribution is 5.76. The third kappa shape index (κ3) is 5.19. The Morgan fingerprint density at radius 2 is 2.07 bits per heavy atom. The molecule has 0 aromatic rings. The molecule has 1 unspecified atom stereocenters. The van der Waals surface area contributed by atoms with Gasteiger partial charge in [-0.3, -0.25) is 4.79 Å². The van der Waals surface area contributed by atoms with Crippen LogP contribution < -0.4 is 0 Å². The summed E-state index contributed by atoms with van der Waals surface area (Å²) in [6, 6.07) is 0. The number of rotatable bonds is 7. The van der Waals surface area contributed by atoms with Gasteiger partial charge in [0.1, 0.15) is 0 Å². The van der Waals surface area contributed by atoms with Gasteiger partial charge in [-0.25, -0.2) is 0 Å². The van der Waals surface area contributed by atoms with Crippen molar-refractivity contribution in [2.24, 2.45) is 0 Å². The van der Waals surface area contributed by atoms with Gasteiger partial charge in [0.2, 0.25) is 5.91 Å². The van der Waals surface area contributed by atoms with Gasteiger partial charge in [-0.15, -0.1) is 0 Å². The van der Waals surface area contributed by atoms with Crippen LogP contribution in [0.15, 0.2) is 0 Å². The molecule has 0 bridgehead atoms. The monoisotopic (exact) mass is 203 g/mol. The summed E-state index contributed by atoms with van der Waals surface area (Å²) in [7, 11) is 0. The predicted molar refractivity (Wildman–Crippen MR) is 54.9 cm³/mol. The molecule has 0 aliphatic carbocycles. The van der Waals surface area contributed by atoms with E-state index < -0.39 is 6.10 Å². The molecule has 4 nitrogen and oxygen atoms in total. The molecule has 84 valence electrons. The maximum atomic E-state index is 11.5. The second-order valence-electron chi connectivity index (χ2n) is 3.37. The standard InChI is InChI=1S/C10H21NO3/c1-3-5-6-10(14)11(4-2)7-9(13)8-12/h9,12-13H,3-8H2,1-2H3. The first-order valence-electron chi connectivity index (χ1n) is 5.22. The van der Waals surface area contributed by atoms with Gasteiger partial charge in [-0.2, -0.15) is 0 Å².